The van der Waals surface area contributed by atoms with Gasteiger partial charge in [-0.05, 0) is 0 Å². The van der Waals surface area contributed by atoms with Crippen molar-refractivity contribution >= 4 is 16.3 Å². The zero-order chi connectivity index (χ0) is 11.7. The second-order valence-electron chi connectivity index (χ2n) is 3.17. The van der Waals surface area contributed by atoms with E-state index in [1.54, 1.807) is 0 Å². The topological polar surface area (TPSA) is 86.7 Å². The highest BCUT2D eigenvalue weighted by Crippen LogP contribution is 2.28. The van der Waals surface area contributed by atoms with Gasteiger partial charge < -0.3 is 5.11 Å². The fraction of sp³-hybridized carbons (Fsp3) is 0.833. The summed E-state index contributed by atoms with van der Waals surface area (Å²) in [6.07, 6.45) is -2.91. The zero-order valence-corrected chi connectivity index (χ0v) is 8.43. The molecule has 1 fully saturated rings. The second kappa shape index (κ2) is 3.89. The van der Waals surface area contributed by atoms with Gasteiger partial charge in [-0.1, -0.05) is 0 Å². The Labute approximate surface area is 85.1 Å². The largest absolute Gasteiger partial charge is 0.464 e. The van der Waals surface area contributed by atoms with Gasteiger partial charge in [0, 0.05) is 25.9 Å². The van der Waals surface area contributed by atoms with E-state index in [4.69, 9.17) is 5.11 Å². The van der Waals surface area contributed by atoms with Crippen LogP contribution >= 0.6 is 0 Å². The molecule has 1 saturated heterocycles. The Hall–Kier alpha value is -0.960. The van der Waals surface area contributed by atoms with Crippen LogP contribution in [0.15, 0.2) is 0 Å². The quantitative estimate of drug-likeness (QED) is 0.728. The maximum absolute atomic E-state index is 12.7. The number of nitrogens with zero attached hydrogens (tertiary/aromatic N) is 1. The van der Waals surface area contributed by atoms with Crippen molar-refractivity contribution in [2.24, 2.45) is 0 Å². The fourth-order valence-electron chi connectivity index (χ4n) is 1.23. The zero-order valence-electron chi connectivity index (χ0n) is 7.61. The van der Waals surface area contributed by atoms with E-state index in [2.05, 4.69) is 0 Å². The van der Waals surface area contributed by atoms with Crippen LogP contribution in [0.25, 0.3) is 0 Å². The van der Waals surface area contributed by atoms with Gasteiger partial charge in [-0.2, -0.15) is 12.7 Å². The van der Waals surface area contributed by atoms with Gasteiger partial charge in [-0.15, -0.1) is 0 Å². The molecule has 0 aromatic rings. The van der Waals surface area contributed by atoms with Crippen LogP contribution in [0, 0.1) is 0 Å². The summed E-state index contributed by atoms with van der Waals surface area (Å²) >= 11 is 0. The van der Waals surface area contributed by atoms with Gasteiger partial charge >= 0.3 is 16.3 Å². The first-order valence-electron chi connectivity index (χ1n) is 4.12. The number of piperidine rings is 1. The molecule has 0 atom stereocenters. The number of halogens is 2. The van der Waals surface area contributed by atoms with Crippen LogP contribution in [0.1, 0.15) is 12.8 Å². The van der Waals surface area contributed by atoms with Gasteiger partial charge in [-0.25, -0.2) is 18.3 Å². The number of hydrogen-bond acceptors (Lipinski definition) is 3. The predicted octanol–water partition coefficient (Wildman–Crippen LogP) is 0.230. The van der Waals surface area contributed by atoms with Crippen molar-refractivity contribution in [2.45, 2.75) is 18.8 Å². The minimum absolute atomic E-state index is 0.379. The number of carbonyl (C=O) groups is 1. The molecule has 1 heterocycles. The standard InChI is InChI=1S/C6H10F2N2O4S/c7-6(8)1-3-10(4-2-6)15(13,14)9-5(11)12/h9H,1-4H2,(H,11,12). The van der Waals surface area contributed by atoms with Crippen LogP contribution in [-0.4, -0.2) is 42.9 Å². The molecule has 0 bridgehead atoms. The summed E-state index contributed by atoms with van der Waals surface area (Å²) < 4.78 is 49.7. The number of rotatable bonds is 2. The Morgan fingerprint density at radius 2 is 1.80 bits per heavy atom. The summed E-state index contributed by atoms with van der Waals surface area (Å²) in [6, 6.07) is 0. The number of hydrogen-bond donors (Lipinski definition) is 2. The minimum atomic E-state index is -4.18. The Balaban J connectivity index is 2.64. The summed E-state index contributed by atoms with van der Waals surface area (Å²) in [7, 11) is -4.18. The van der Waals surface area contributed by atoms with E-state index in [1.807, 2.05) is 0 Å². The lowest BCUT2D eigenvalue weighted by Crippen LogP contribution is -2.48. The third-order valence-electron chi connectivity index (χ3n) is 2.01. The molecule has 88 valence electrons. The number of carboxylic acid groups (broad SMARTS) is 1. The monoisotopic (exact) mass is 244 g/mol. The van der Waals surface area contributed by atoms with E-state index in [-0.39, 0.29) is 13.1 Å². The average molecular weight is 244 g/mol. The Morgan fingerprint density at radius 1 is 1.33 bits per heavy atom. The lowest BCUT2D eigenvalue weighted by atomic mass is 10.1. The van der Waals surface area contributed by atoms with E-state index in [0.717, 1.165) is 0 Å². The van der Waals surface area contributed by atoms with Crippen molar-refractivity contribution in [3.05, 3.63) is 0 Å². The molecule has 0 spiro atoms. The molecule has 1 aliphatic heterocycles. The fourth-order valence-corrected chi connectivity index (χ4v) is 2.24. The minimum Gasteiger partial charge on any atom is -0.464 e. The van der Waals surface area contributed by atoms with E-state index >= 15 is 0 Å². The molecular weight excluding hydrogens is 234 g/mol. The molecule has 2 N–H and O–H groups in total. The van der Waals surface area contributed by atoms with E-state index in [0.29, 0.717) is 4.31 Å². The average Bonchev–Trinajstić information content (AvgIpc) is 2.00. The molecule has 1 amide bonds. The van der Waals surface area contributed by atoms with Gasteiger partial charge in [0.05, 0.1) is 0 Å². The first-order valence-corrected chi connectivity index (χ1v) is 5.56. The Bertz CT molecular complexity index is 346. The summed E-state index contributed by atoms with van der Waals surface area (Å²) in [4.78, 5) is 10.1. The lowest BCUT2D eigenvalue weighted by molar-refractivity contribution is -0.0412. The highest BCUT2D eigenvalue weighted by molar-refractivity contribution is 7.87. The molecule has 0 aliphatic carbocycles. The molecular formula is C6H10F2N2O4S. The summed E-state index contributed by atoms with van der Waals surface area (Å²) in [5.41, 5.74) is 0. The van der Waals surface area contributed by atoms with Gasteiger partial charge in [0.25, 0.3) is 5.92 Å². The first kappa shape index (κ1) is 12.1. The molecule has 9 heteroatoms. The van der Waals surface area contributed by atoms with Crippen molar-refractivity contribution < 1.29 is 27.1 Å². The van der Waals surface area contributed by atoms with Crippen LogP contribution in [0.2, 0.25) is 0 Å². The molecule has 0 saturated carbocycles. The van der Waals surface area contributed by atoms with Crippen molar-refractivity contribution in [1.82, 2.24) is 9.03 Å². The number of alkyl halides is 2. The lowest BCUT2D eigenvalue weighted by Gasteiger charge is -2.30. The van der Waals surface area contributed by atoms with E-state index in [9.17, 15) is 22.0 Å². The third-order valence-corrected chi connectivity index (χ3v) is 3.49. The second-order valence-corrected chi connectivity index (χ2v) is 4.84. The molecule has 0 aromatic carbocycles. The van der Waals surface area contributed by atoms with Crippen molar-refractivity contribution in [3.8, 4) is 0 Å². The highest BCUT2D eigenvalue weighted by atomic mass is 32.2. The molecule has 0 radical (unpaired) electrons. The van der Waals surface area contributed by atoms with Crippen LogP contribution in [-0.2, 0) is 10.2 Å². The Morgan fingerprint density at radius 3 is 2.20 bits per heavy atom. The molecule has 1 aliphatic rings. The number of nitrogens with one attached hydrogen (secondary N) is 1. The maximum atomic E-state index is 12.7. The molecule has 0 unspecified atom stereocenters. The van der Waals surface area contributed by atoms with Crippen LogP contribution in [0.4, 0.5) is 13.6 Å². The molecule has 15 heavy (non-hydrogen) atoms. The predicted molar refractivity (Wildman–Crippen MR) is 45.8 cm³/mol. The number of amides is 1. The SMILES string of the molecule is O=C(O)NS(=O)(=O)N1CCC(F)(F)CC1. The summed E-state index contributed by atoms with van der Waals surface area (Å²) in [5.74, 6) is -2.87. The van der Waals surface area contributed by atoms with Gasteiger partial charge in [0.15, 0.2) is 0 Å². The van der Waals surface area contributed by atoms with Gasteiger partial charge in [0.1, 0.15) is 0 Å². The van der Waals surface area contributed by atoms with Crippen LogP contribution in [0.3, 0.4) is 0 Å². The van der Waals surface area contributed by atoms with Crippen molar-refractivity contribution in [1.29, 1.82) is 0 Å². The Kier molecular flexibility index (Phi) is 3.14. The molecule has 6 nitrogen and oxygen atoms in total. The van der Waals surface area contributed by atoms with Gasteiger partial charge in [0.2, 0.25) is 0 Å². The van der Waals surface area contributed by atoms with Crippen molar-refractivity contribution in [3.63, 3.8) is 0 Å². The van der Waals surface area contributed by atoms with Crippen LogP contribution < -0.4 is 4.72 Å². The summed E-state index contributed by atoms with van der Waals surface area (Å²) in [5, 5.41) is 8.22. The molecule has 0 aromatic heterocycles. The summed E-state index contributed by atoms with van der Waals surface area (Å²) in [6.45, 7) is -0.759. The van der Waals surface area contributed by atoms with E-state index < -0.39 is 35.1 Å². The molecule has 1 rings (SSSR count). The van der Waals surface area contributed by atoms with E-state index in [1.165, 1.54) is 4.72 Å². The van der Waals surface area contributed by atoms with Crippen LogP contribution in [0.5, 0.6) is 0 Å². The first-order chi connectivity index (χ1) is 6.73. The smallest absolute Gasteiger partial charge is 0.419 e. The highest BCUT2D eigenvalue weighted by Gasteiger charge is 2.38. The third kappa shape index (κ3) is 3.27. The maximum Gasteiger partial charge on any atom is 0.419 e. The normalized spacial score (nSPS) is 22.3. The van der Waals surface area contributed by atoms with Crippen molar-refractivity contribution in [2.75, 3.05) is 13.1 Å². The van der Waals surface area contributed by atoms with Gasteiger partial charge in [-0.3, -0.25) is 0 Å².